The fourth-order valence-corrected chi connectivity index (χ4v) is 10.4. The molecule has 0 amide bonds. The van der Waals surface area contributed by atoms with Crippen molar-refractivity contribution in [2.24, 2.45) is 11.8 Å². The van der Waals surface area contributed by atoms with Crippen LogP contribution in [0.4, 0.5) is 17.1 Å². The first-order valence-corrected chi connectivity index (χ1v) is 18.6. The number of hydrogen-bond acceptors (Lipinski definition) is 1. The average Bonchev–Trinajstić information content (AvgIpc) is 3.97. The molecule has 1 heterocycles. The molecule has 244 valence electrons. The van der Waals surface area contributed by atoms with E-state index in [-0.39, 0.29) is 5.41 Å². The number of benzene rings is 7. The van der Waals surface area contributed by atoms with Gasteiger partial charge in [-0.2, -0.15) is 0 Å². The average molecular weight is 655 g/mol. The number of para-hydroxylation sites is 3. The van der Waals surface area contributed by atoms with Crippen molar-refractivity contribution in [3.05, 3.63) is 181 Å². The summed E-state index contributed by atoms with van der Waals surface area (Å²) in [6, 6.07) is 62.9. The normalized spacial score (nSPS) is 19.9. The van der Waals surface area contributed by atoms with E-state index in [4.69, 9.17) is 0 Å². The predicted octanol–water partition coefficient (Wildman–Crippen LogP) is 13.0. The predicted molar refractivity (Wildman–Crippen MR) is 213 cm³/mol. The highest BCUT2D eigenvalue weighted by atomic mass is 15.1. The third-order valence-corrected chi connectivity index (χ3v) is 12.5. The minimum absolute atomic E-state index is 0.195. The Balaban J connectivity index is 0.996. The summed E-state index contributed by atoms with van der Waals surface area (Å²) in [7, 11) is 0. The van der Waals surface area contributed by atoms with Crippen LogP contribution < -0.4 is 4.90 Å². The summed E-state index contributed by atoms with van der Waals surface area (Å²) in [6.07, 6.45) is 5.48. The quantitative estimate of drug-likeness (QED) is 0.179. The molecule has 0 radical (unpaired) electrons. The molecule has 0 saturated heterocycles. The molecule has 0 N–H and O–H groups in total. The van der Waals surface area contributed by atoms with Crippen molar-refractivity contribution in [3.8, 4) is 27.9 Å². The van der Waals surface area contributed by atoms with E-state index in [9.17, 15) is 0 Å². The molecule has 3 aliphatic carbocycles. The lowest BCUT2D eigenvalue weighted by atomic mass is 9.66. The number of fused-ring (bicyclic) bond motifs is 11. The van der Waals surface area contributed by atoms with Crippen molar-refractivity contribution in [1.82, 2.24) is 4.57 Å². The number of rotatable bonds is 5. The maximum absolute atomic E-state index is 2.45. The number of aromatic nitrogens is 1. The molecule has 2 saturated carbocycles. The van der Waals surface area contributed by atoms with Crippen molar-refractivity contribution in [2.75, 3.05) is 4.90 Å². The van der Waals surface area contributed by atoms with Crippen molar-refractivity contribution >= 4 is 38.9 Å². The smallest absolute Gasteiger partial charge is 0.0541 e. The van der Waals surface area contributed by atoms with Gasteiger partial charge in [0.1, 0.15) is 0 Å². The van der Waals surface area contributed by atoms with Crippen molar-refractivity contribution < 1.29 is 0 Å². The van der Waals surface area contributed by atoms with Gasteiger partial charge < -0.3 is 9.47 Å². The number of nitrogens with zero attached hydrogens (tertiary/aromatic N) is 2. The second-order valence-corrected chi connectivity index (χ2v) is 14.9. The van der Waals surface area contributed by atoms with E-state index in [1.54, 1.807) is 11.1 Å². The van der Waals surface area contributed by atoms with E-state index < -0.39 is 0 Å². The Kier molecular flexibility index (Phi) is 6.28. The molecule has 51 heavy (non-hydrogen) atoms. The topological polar surface area (TPSA) is 8.17 Å². The summed E-state index contributed by atoms with van der Waals surface area (Å²) in [6.45, 7) is 0. The third-order valence-electron chi connectivity index (χ3n) is 12.5. The molecule has 3 unspecified atom stereocenters. The molecular formula is C49H38N2. The van der Waals surface area contributed by atoms with Crippen LogP contribution in [-0.4, -0.2) is 4.57 Å². The Morgan fingerprint density at radius 1 is 0.490 bits per heavy atom. The van der Waals surface area contributed by atoms with Crippen LogP contribution in [0.3, 0.4) is 0 Å². The fourth-order valence-electron chi connectivity index (χ4n) is 10.4. The molecule has 8 aromatic rings. The first-order valence-electron chi connectivity index (χ1n) is 18.6. The van der Waals surface area contributed by atoms with E-state index in [1.165, 1.54) is 69.7 Å². The minimum Gasteiger partial charge on any atom is -0.311 e. The van der Waals surface area contributed by atoms with Crippen LogP contribution in [0.2, 0.25) is 0 Å². The van der Waals surface area contributed by atoms with Gasteiger partial charge in [0.25, 0.3) is 0 Å². The van der Waals surface area contributed by atoms with E-state index in [2.05, 4.69) is 179 Å². The SMILES string of the molecule is c1ccc(N(c2ccc(-c3cccc4c3-c3ccccc3C43CC4CCC3C4)cc2)c2ccc(-n3c4ccccc4c4ccccc43)cc2)cc1. The molecule has 2 heteroatoms. The van der Waals surface area contributed by atoms with E-state index in [0.29, 0.717) is 0 Å². The molecule has 2 fully saturated rings. The Bertz CT molecular complexity index is 2540. The Morgan fingerprint density at radius 3 is 1.76 bits per heavy atom. The van der Waals surface area contributed by atoms with Crippen LogP contribution in [-0.2, 0) is 5.41 Å². The van der Waals surface area contributed by atoms with Crippen molar-refractivity contribution in [3.63, 3.8) is 0 Å². The lowest BCUT2D eigenvalue weighted by molar-refractivity contribution is 0.327. The zero-order chi connectivity index (χ0) is 33.5. The second-order valence-electron chi connectivity index (χ2n) is 14.9. The second kappa shape index (κ2) is 11.1. The molecule has 1 spiro atoms. The number of anilines is 3. The first-order chi connectivity index (χ1) is 25.3. The van der Waals surface area contributed by atoms with Crippen LogP contribution in [0, 0.1) is 11.8 Å². The van der Waals surface area contributed by atoms with Gasteiger partial charge in [0.15, 0.2) is 0 Å². The lowest BCUT2D eigenvalue weighted by Gasteiger charge is -2.36. The van der Waals surface area contributed by atoms with Gasteiger partial charge >= 0.3 is 0 Å². The Labute approximate surface area is 299 Å². The van der Waals surface area contributed by atoms with Gasteiger partial charge in [-0.25, -0.2) is 0 Å². The molecule has 2 bridgehead atoms. The van der Waals surface area contributed by atoms with Crippen molar-refractivity contribution in [2.45, 2.75) is 31.1 Å². The van der Waals surface area contributed by atoms with E-state index in [0.717, 1.165) is 34.6 Å². The summed E-state index contributed by atoms with van der Waals surface area (Å²) >= 11 is 0. The monoisotopic (exact) mass is 654 g/mol. The van der Waals surface area contributed by atoms with Gasteiger partial charge in [0.2, 0.25) is 0 Å². The highest BCUT2D eigenvalue weighted by Crippen LogP contribution is 2.66. The highest BCUT2D eigenvalue weighted by molar-refractivity contribution is 6.09. The molecule has 3 atom stereocenters. The standard InChI is InChI=1S/C49H38N2/c1-2-11-36(12-3-1)50(38-27-29-39(30-28-38)51-46-19-8-5-13-41(46)42-14-6-9-20-47(42)51)37-25-22-34(23-26-37)40-16-10-18-45-48(40)43-15-4-7-17-44(43)49(45)32-33-21-24-35(49)31-33/h1-20,22-23,25-30,33,35H,21,24,31-32H2. The zero-order valence-corrected chi connectivity index (χ0v) is 28.5. The van der Waals surface area contributed by atoms with Crippen LogP contribution in [0.5, 0.6) is 0 Å². The summed E-state index contributed by atoms with van der Waals surface area (Å²) in [5, 5.41) is 2.56. The van der Waals surface area contributed by atoms with Gasteiger partial charge in [0, 0.05) is 38.9 Å². The van der Waals surface area contributed by atoms with Gasteiger partial charge in [0.05, 0.1) is 11.0 Å². The summed E-state index contributed by atoms with van der Waals surface area (Å²) in [5.41, 5.74) is 15.9. The van der Waals surface area contributed by atoms with Crippen molar-refractivity contribution in [1.29, 1.82) is 0 Å². The van der Waals surface area contributed by atoms with Crippen LogP contribution in [0.25, 0.3) is 49.7 Å². The molecular weight excluding hydrogens is 617 g/mol. The summed E-state index contributed by atoms with van der Waals surface area (Å²) in [4.78, 5) is 2.37. The molecule has 11 rings (SSSR count). The molecule has 7 aromatic carbocycles. The van der Waals surface area contributed by atoms with Crippen LogP contribution in [0.1, 0.15) is 36.8 Å². The van der Waals surface area contributed by atoms with Gasteiger partial charge in [-0.1, -0.05) is 116 Å². The van der Waals surface area contributed by atoms with Crippen LogP contribution >= 0.6 is 0 Å². The molecule has 2 nitrogen and oxygen atoms in total. The highest BCUT2D eigenvalue weighted by Gasteiger charge is 2.56. The van der Waals surface area contributed by atoms with Crippen LogP contribution in [0.15, 0.2) is 170 Å². The largest absolute Gasteiger partial charge is 0.311 e. The van der Waals surface area contributed by atoms with Gasteiger partial charge in [-0.15, -0.1) is 0 Å². The molecule has 3 aliphatic rings. The molecule has 0 aliphatic heterocycles. The lowest BCUT2D eigenvalue weighted by Crippen LogP contribution is -2.31. The number of hydrogen-bond donors (Lipinski definition) is 0. The Hall–Kier alpha value is -5.86. The van der Waals surface area contributed by atoms with Gasteiger partial charge in [-0.3, -0.25) is 0 Å². The van der Waals surface area contributed by atoms with Gasteiger partial charge in [-0.05, 0) is 125 Å². The third kappa shape index (κ3) is 4.17. The fraction of sp³-hybridized carbons (Fsp3) is 0.143. The zero-order valence-electron chi connectivity index (χ0n) is 28.5. The molecule has 1 aromatic heterocycles. The van der Waals surface area contributed by atoms with E-state index >= 15 is 0 Å². The maximum Gasteiger partial charge on any atom is 0.0541 e. The minimum atomic E-state index is 0.195. The summed E-state index contributed by atoms with van der Waals surface area (Å²) in [5.74, 6) is 1.64. The van der Waals surface area contributed by atoms with E-state index in [1.807, 2.05) is 0 Å². The maximum atomic E-state index is 2.45. The first kappa shape index (κ1) is 28.9. The summed E-state index contributed by atoms with van der Waals surface area (Å²) < 4.78 is 2.38. The Morgan fingerprint density at radius 2 is 1.08 bits per heavy atom.